The SMILES string of the molecule is CC(C)CCO[C@@H]1O[C@H](COC(C)C)[C@H](OC(C)C)[C@H](OC(C)C)[C@@H]1OC(C)C. The van der Waals surface area contributed by atoms with E-state index >= 15 is 0 Å². The molecule has 1 aliphatic heterocycles. The lowest BCUT2D eigenvalue weighted by atomic mass is 9.97. The van der Waals surface area contributed by atoms with Crippen LogP contribution in [-0.2, 0) is 28.4 Å². The van der Waals surface area contributed by atoms with Gasteiger partial charge >= 0.3 is 0 Å². The van der Waals surface area contributed by atoms with E-state index in [4.69, 9.17) is 28.4 Å². The van der Waals surface area contributed by atoms with Gasteiger partial charge in [0.2, 0.25) is 0 Å². The highest BCUT2D eigenvalue weighted by Crippen LogP contribution is 2.31. The fourth-order valence-corrected chi connectivity index (χ4v) is 3.26. The largest absolute Gasteiger partial charge is 0.376 e. The van der Waals surface area contributed by atoms with Gasteiger partial charge in [0.15, 0.2) is 6.29 Å². The molecule has 5 atom stereocenters. The highest BCUT2D eigenvalue weighted by Gasteiger charge is 2.49. The molecule has 0 aliphatic carbocycles. The zero-order chi connectivity index (χ0) is 22.1. The third-order valence-electron chi connectivity index (χ3n) is 4.45. The monoisotopic (exact) mass is 418 g/mol. The van der Waals surface area contributed by atoms with Gasteiger partial charge in [0.1, 0.15) is 24.4 Å². The smallest absolute Gasteiger partial charge is 0.186 e. The molecule has 0 saturated carbocycles. The van der Waals surface area contributed by atoms with Crippen LogP contribution in [0.3, 0.4) is 0 Å². The molecular weight excluding hydrogens is 372 g/mol. The first-order valence-corrected chi connectivity index (χ1v) is 11.4. The molecule has 1 rings (SSSR count). The number of rotatable bonds is 13. The molecule has 174 valence electrons. The molecule has 1 fully saturated rings. The average molecular weight is 419 g/mol. The minimum Gasteiger partial charge on any atom is -0.376 e. The fraction of sp³-hybridized carbons (Fsp3) is 1.00. The lowest BCUT2D eigenvalue weighted by molar-refractivity contribution is -0.335. The maximum absolute atomic E-state index is 6.38. The predicted molar refractivity (Wildman–Crippen MR) is 115 cm³/mol. The van der Waals surface area contributed by atoms with E-state index in [2.05, 4.69) is 13.8 Å². The normalized spacial score (nSPS) is 28.4. The summed E-state index contributed by atoms with van der Waals surface area (Å²) in [6.07, 6.45) is -0.657. The van der Waals surface area contributed by atoms with Gasteiger partial charge in [-0.15, -0.1) is 0 Å². The Morgan fingerprint density at radius 1 is 0.655 bits per heavy atom. The molecule has 0 N–H and O–H groups in total. The van der Waals surface area contributed by atoms with Gasteiger partial charge < -0.3 is 28.4 Å². The van der Waals surface area contributed by atoms with Crippen molar-refractivity contribution in [1.82, 2.24) is 0 Å². The number of ether oxygens (including phenoxy) is 6. The highest BCUT2D eigenvalue weighted by atomic mass is 16.7. The summed E-state index contributed by atoms with van der Waals surface area (Å²) in [6, 6.07) is 0. The van der Waals surface area contributed by atoms with Gasteiger partial charge in [-0.25, -0.2) is 0 Å². The molecule has 0 aromatic carbocycles. The van der Waals surface area contributed by atoms with Crippen molar-refractivity contribution in [2.75, 3.05) is 13.2 Å². The Kier molecular flexibility index (Phi) is 12.2. The third kappa shape index (κ3) is 10.1. The van der Waals surface area contributed by atoms with Crippen LogP contribution in [0.1, 0.15) is 75.7 Å². The Morgan fingerprint density at radius 2 is 1.17 bits per heavy atom. The molecule has 1 aliphatic rings. The van der Waals surface area contributed by atoms with Gasteiger partial charge in [0.25, 0.3) is 0 Å². The van der Waals surface area contributed by atoms with Gasteiger partial charge in [0.05, 0.1) is 37.6 Å². The van der Waals surface area contributed by atoms with Crippen molar-refractivity contribution < 1.29 is 28.4 Å². The van der Waals surface area contributed by atoms with Crippen LogP contribution in [0.2, 0.25) is 0 Å². The predicted octanol–water partition coefficient (Wildman–Crippen LogP) is 4.58. The lowest BCUT2D eigenvalue weighted by Gasteiger charge is -2.47. The van der Waals surface area contributed by atoms with Crippen molar-refractivity contribution in [3.63, 3.8) is 0 Å². The van der Waals surface area contributed by atoms with Gasteiger partial charge in [0, 0.05) is 0 Å². The summed E-state index contributed by atoms with van der Waals surface area (Å²) in [6.45, 7) is 21.6. The summed E-state index contributed by atoms with van der Waals surface area (Å²) in [5.41, 5.74) is 0. The molecule has 6 nitrogen and oxygen atoms in total. The van der Waals surface area contributed by atoms with E-state index in [1.54, 1.807) is 0 Å². The number of hydrogen-bond donors (Lipinski definition) is 0. The molecule has 1 saturated heterocycles. The van der Waals surface area contributed by atoms with E-state index in [-0.39, 0.29) is 48.8 Å². The molecule has 0 aromatic rings. The lowest BCUT2D eigenvalue weighted by Crippen LogP contribution is -2.63. The van der Waals surface area contributed by atoms with Crippen molar-refractivity contribution in [3.8, 4) is 0 Å². The quantitative estimate of drug-likeness (QED) is 0.436. The molecule has 0 radical (unpaired) electrons. The summed E-state index contributed by atoms with van der Waals surface area (Å²) < 4.78 is 37.3. The summed E-state index contributed by atoms with van der Waals surface area (Å²) >= 11 is 0. The average Bonchev–Trinajstić information content (AvgIpc) is 2.56. The van der Waals surface area contributed by atoms with E-state index in [0.717, 1.165) is 6.42 Å². The summed E-state index contributed by atoms with van der Waals surface area (Å²) in [5.74, 6) is 0.558. The second-order valence-corrected chi connectivity index (χ2v) is 9.43. The molecule has 0 bridgehead atoms. The summed E-state index contributed by atoms with van der Waals surface area (Å²) in [5, 5.41) is 0. The Bertz CT molecular complexity index is 424. The van der Waals surface area contributed by atoms with Crippen molar-refractivity contribution in [2.24, 2.45) is 5.92 Å². The Morgan fingerprint density at radius 3 is 1.66 bits per heavy atom. The van der Waals surface area contributed by atoms with Crippen molar-refractivity contribution in [1.29, 1.82) is 0 Å². The zero-order valence-corrected chi connectivity index (χ0v) is 20.3. The van der Waals surface area contributed by atoms with Gasteiger partial charge in [-0.1, -0.05) is 13.8 Å². The topological polar surface area (TPSA) is 55.4 Å². The van der Waals surface area contributed by atoms with Crippen molar-refractivity contribution in [2.45, 2.75) is 131 Å². The number of hydrogen-bond acceptors (Lipinski definition) is 6. The van der Waals surface area contributed by atoms with Crippen LogP contribution in [0.25, 0.3) is 0 Å². The molecule has 29 heavy (non-hydrogen) atoms. The van der Waals surface area contributed by atoms with Crippen LogP contribution in [-0.4, -0.2) is 68.3 Å². The maximum atomic E-state index is 6.38. The first-order valence-electron chi connectivity index (χ1n) is 11.4. The van der Waals surface area contributed by atoms with Crippen molar-refractivity contribution >= 4 is 0 Å². The second-order valence-electron chi connectivity index (χ2n) is 9.43. The van der Waals surface area contributed by atoms with E-state index in [0.29, 0.717) is 19.1 Å². The first-order chi connectivity index (χ1) is 13.5. The molecule has 0 aromatic heterocycles. The maximum Gasteiger partial charge on any atom is 0.186 e. The Hall–Kier alpha value is -0.240. The van der Waals surface area contributed by atoms with Crippen LogP contribution in [0.15, 0.2) is 0 Å². The van der Waals surface area contributed by atoms with Crippen LogP contribution >= 0.6 is 0 Å². The van der Waals surface area contributed by atoms with Crippen LogP contribution in [0, 0.1) is 5.92 Å². The van der Waals surface area contributed by atoms with Gasteiger partial charge in [-0.2, -0.15) is 0 Å². The molecule has 0 unspecified atom stereocenters. The molecule has 6 heteroatoms. The zero-order valence-electron chi connectivity index (χ0n) is 20.3. The van der Waals surface area contributed by atoms with Gasteiger partial charge in [-0.3, -0.25) is 0 Å². The summed E-state index contributed by atoms with van der Waals surface area (Å²) in [4.78, 5) is 0. The first kappa shape index (κ1) is 26.8. The van der Waals surface area contributed by atoms with Crippen LogP contribution in [0.5, 0.6) is 0 Å². The van der Waals surface area contributed by atoms with Crippen LogP contribution < -0.4 is 0 Å². The standard InChI is InChI=1S/C23H46O6/c1-14(2)11-12-24-23-22(28-18(9)10)21(27-17(7)8)20(26-16(5)6)19(29-23)13-25-15(3)4/h14-23H,11-13H2,1-10H3/t19-,20+,21+,22+,23-/m1/s1. The highest BCUT2D eigenvalue weighted by molar-refractivity contribution is 4.94. The molecule has 1 heterocycles. The fourth-order valence-electron chi connectivity index (χ4n) is 3.26. The Balaban J connectivity index is 3.14. The van der Waals surface area contributed by atoms with Gasteiger partial charge in [-0.05, 0) is 67.7 Å². The van der Waals surface area contributed by atoms with Crippen LogP contribution in [0.4, 0.5) is 0 Å². The van der Waals surface area contributed by atoms with E-state index in [1.807, 2.05) is 55.4 Å². The molecule has 0 amide bonds. The third-order valence-corrected chi connectivity index (χ3v) is 4.45. The van der Waals surface area contributed by atoms with E-state index in [9.17, 15) is 0 Å². The summed E-state index contributed by atoms with van der Waals surface area (Å²) in [7, 11) is 0. The Labute approximate surface area is 178 Å². The molecular formula is C23H46O6. The van der Waals surface area contributed by atoms with E-state index in [1.165, 1.54) is 0 Å². The molecule has 0 spiro atoms. The second kappa shape index (κ2) is 13.2. The minimum atomic E-state index is -0.521. The van der Waals surface area contributed by atoms with E-state index < -0.39 is 6.29 Å². The minimum absolute atomic E-state index is 0.0150. The van der Waals surface area contributed by atoms with Crippen molar-refractivity contribution in [3.05, 3.63) is 0 Å².